The lowest BCUT2D eigenvalue weighted by molar-refractivity contribution is -0.660. The van der Waals surface area contributed by atoms with Gasteiger partial charge >= 0.3 is 0 Å². The zero-order chi connectivity index (χ0) is 24.8. The molecule has 0 amide bonds. The minimum absolute atomic E-state index is 0.649. The summed E-state index contributed by atoms with van der Waals surface area (Å²) in [6.07, 6.45) is 8.70. The van der Waals surface area contributed by atoms with Crippen LogP contribution in [0.4, 0.5) is 5.69 Å². The van der Waals surface area contributed by atoms with Crippen LogP contribution in [0.1, 0.15) is 54.7 Å². The SMILES string of the molecule is [C-]#[N+]c1cc(C)c(-c2ccc(C3CCCCC3)cc2)c2oc3c(-c4cccc[n+]4C)c(C)ccc3c12. The number of pyridine rings is 1. The Bertz CT molecular complexity index is 1640. The second kappa shape index (κ2) is 8.95. The zero-order valence-electron chi connectivity index (χ0n) is 21.3. The quantitative estimate of drug-likeness (QED) is 0.190. The monoisotopic (exact) mass is 471 g/mol. The van der Waals surface area contributed by atoms with E-state index in [4.69, 9.17) is 11.0 Å². The highest BCUT2D eigenvalue weighted by Gasteiger charge is 2.24. The van der Waals surface area contributed by atoms with E-state index in [1.165, 1.54) is 37.7 Å². The smallest absolute Gasteiger partial charge is 0.216 e. The van der Waals surface area contributed by atoms with E-state index >= 15 is 0 Å². The molecule has 2 heterocycles. The predicted octanol–water partition coefficient (Wildman–Crippen LogP) is 8.96. The second-order valence-corrected chi connectivity index (χ2v) is 10.3. The fraction of sp³-hybridized carbons (Fsp3) is 0.273. The van der Waals surface area contributed by atoms with Crippen molar-refractivity contribution in [2.24, 2.45) is 7.05 Å². The maximum absolute atomic E-state index is 7.93. The molecular weight excluding hydrogens is 440 g/mol. The van der Waals surface area contributed by atoms with E-state index in [1.807, 2.05) is 12.1 Å². The first kappa shape index (κ1) is 22.6. The molecule has 0 unspecified atom stereocenters. The van der Waals surface area contributed by atoms with Crippen molar-refractivity contribution >= 4 is 27.6 Å². The summed E-state index contributed by atoms with van der Waals surface area (Å²) < 4.78 is 8.90. The molecule has 0 saturated heterocycles. The minimum Gasteiger partial charge on any atom is -0.456 e. The number of hydrogen-bond donors (Lipinski definition) is 0. The minimum atomic E-state index is 0.649. The molecule has 5 aromatic rings. The molecule has 0 radical (unpaired) electrons. The number of hydrogen-bond acceptors (Lipinski definition) is 1. The van der Waals surface area contributed by atoms with Crippen molar-refractivity contribution in [3.8, 4) is 22.4 Å². The molecule has 0 atom stereocenters. The summed E-state index contributed by atoms with van der Waals surface area (Å²) in [5.74, 6) is 0.682. The number of rotatable bonds is 3. The zero-order valence-corrected chi connectivity index (χ0v) is 21.3. The van der Waals surface area contributed by atoms with Gasteiger partial charge in [0, 0.05) is 28.5 Å². The molecule has 1 saturated carbocycles. The van der Waals surface area contributed by atoms with Crippen molar-refractivity contribution in [3.63, 3.8) is 0 Å². The fourth-order valence-electron chi connectivity index (χ4n) is 6.12. The van der Waals surface area contributed by atoms with E-state index in [-0.39, 0.29) is 0 Å². The van der Waals surface area contributed by atoms with Crippen molar-refractivity contribution in [2.75, 3.05) is 0 Å². The topological polar surface area (TPSA) is 21.4 Å². The van der Waals surface area contributed by atoms with Gasteiger partial charge in [-0.05, 0) is 60.9 Å². The van der Waals surface area contributed by atoms with Crippen LogP contribution in [0.5, 0.6) is 0 Å². The highest BCUT2D eigenvalue weighted by atomic mass is 16.3. The van der Waals surface area contributed by atoms with Gasteiger partial charge in [-0.1, -0.05) is 61.7 Å². The van der Waals surface area contributed by atoms with Gasteiger partial charge in [0.15, 0.2) is 11.9 Å². The van der Waals surface area contributed by atoms with Crippen LogP contribution in [0, 0.1) is 20.4 Å². The summed E-state index contributed by atoms with van der Waals surface area (Å²) in [6.45, 7) is 12.1. The molecular formula is C33H31N2O+. The van der Waals surface area contributed by atoms with Crippen molar-refractivity contribution < 1.29 is 8.98 Å². The van der Waals surface area contributed by atoms with E-state index in [0.717, 1.165) is 55.4 Å². The van der Waals surface area contributed by atoms with E-state index in [0.29, 0.717) is 11.6 Å². The molecule has 3 nitrogen and oxygen atoms in total. The summed E-state index contributed by atoms with van der Waals surface area (Å²) in [4.78, 5) is 3.92. The van der Waals surface area contributed by atoms with Crippen LogP contribution in [0.25, 0.3) is 49.2 Å². The van der Waals surface area contributed by atoms with Gasteiger partial charge in [0.25, 0.3) is 0 Å². The van der Waals surface area contributed by atoms with Crippen LogP contribution >= 0.6 is 0 Å². The largest absolute Gasteiger partial charge is 0.456 e. The first-order chi connectivity index (χ1) is 17.6. The predicted molar refractivity (Wildman–Crippen MR) is 147 cm³/mol. The third kappa shape index (κ3) is 3.60. The van der Waals surface area contributed by atoms with Crippen molar-refractivity contribution in [3.05, 3.63) is 95.0 Å². The molecule has 36 heavy (non-hydrogen) atoms. The molecule has 0 bridgehead atoms. The molecule has 0 N–H and O–H groups in total. The Balaban J connectivity index is 1.60. The van der Waals surface area contributed by atoms with Gasteiger partial charge in [-0.25, -0.2) is 9.41 Å². The molecule has 0 aliphatic heterocycles. The van der Waals surface area contributed by atoms with Gasteiger partial charge in [-0.2, -0.15) is 0 Å². The highest BCUT2D eigenvalue weighted by molar-refractivity contribution is 6.18. The third-order valence-corrected chi connectivity index (χ3v) is 8.00. The summed E-state index contributed by atoms with van der Waals surface area (Å²) in [7, 11) is 2.06. The van der Waals surface area contributed by atoms with Crippen molar-refractivity contribution in [1.29, 1.82) is 0 Å². The molecule has 178 valence electrons. The van der Waals surface area contributed by atoms with Gasteiger partial charge in [0.2, 0.25) is 5.69 Å². The maximum Gasteiger partial charge on any atom is 0.216 e. The molecule has 1 fully saturated rings. The Morgan fingerprint density at radius 3 is 2.36 bits per heavy atom. The van der Waals surface area contributed by atoms with Crippen LogP contribution in [0.2, 0.25) is 0 Å². The van der Waals surface area contributed by atoms with Crippen LogP contribution in [0.15, 0.2) is 71.3 Å². The second-order valence-electron chi connectivity index (χ2n) is 10.3. The highest BCUT2D eigenvalue weighted by Crippen LogP contribution is 2.46. The number of nitrogens with zero attached hydrogens (tertiary/aromatic N) is 2. The van der Waals surface area contributed by atoms with Crippen LogP contribution in [-0.2, 0) is 7.05 Å². The molecule has 2 aromatic heterocycles. The summed E-state index contributed by atoms with van der Waals surface area (Å²) in [6, 6.07) is 21.6. The molecule has 0 spiro atoms. The van der Waals surface area contributed by atoms with Crippen LogP contribution in [-0.4, -0.2) is 0 Å². The van der Waals surface area contributed by atoms with E-state index in [1.54, 1.807) is 0 Å². The summed E-state index contributed by atoms with van der Waals surface area (Å²) in [5.41, 5.74) is 10.4. The number of aryl methyl sites for hydroxylation is 3. The molecule has 3 aromatic carbocycles. The van der Waals surface area contributed by atoms with E-state index in [9.17, 15) is 0 Å². The van der Waals surface area contributed by atoms with Crippen molar-refractivity contribution in [2.45, 2.75) is 51.9 Å². The average molecular weight is 472 g/mol. The Labute approximate surface area is 212 Å². The Hall–Kier alpha value is -3.90. The Morgan fingerprint density at radius 1 is 0.861 bits per heavy atom. The molecule has 1 aliphatic carbocycles. The normalized spacial score (nSPS) is 14.4. The number of fused-ring (bicyclic) bond motifs is 3. The third-order valence-electron chi connectivity index (χ3n) is 8.00. The van der Waals surface area contributed by atoms with Gasteiger partial charge < -0.3 is 4.42 Å². The van der Waals surface area contributed by atoms with Gasteiger partial charge in [0.05, 0.1) is 12.1 Å². The standard InChI is InChI=1S/C33H31N2O/c1-21-13-18-26-31-27(34-3)20-22(2)29(25-16-14-24(15-17-25)23-10-6-5-7-11-23)33(31)36-32(26)30(21)28-12-8-9-19-35(28)4/h8-9,12-20,23H,5-7,10-11H2,1-2,4H3/q+1. The molecule has 3 heteroatoms. The number of furan rings is 1. The lowest BCUT2D eigenvalue weighted by atomic mass is 9.83. The van der Waals surface area contributed by atoms with E-state index in [2.05, 4.69) is 85.0 Å². The lowest BCUT2D eigenvalue weighted by Gasteiger charge is -2.22. The number of benzene rings is 3. The van der Waals surface area contributed by atoms with Crippen LogP contribution in [0.3, 0.4) is 0 Å². The van der Waals surface area contributed by atoms with E-state index < -0.39 is 0 Å². The number of aromatic nitrogens is 1. The Morgan fingerprint density at radius 2 is 1.64 bits per heavy atom. The first-order valence-corrected chi connectivity index (χ1v) is 13.0. The van der Waals surface area contributed by atoms with Crippen LogP contribution < -0.4 is 4.57 Å². The van der Waals surface area contributed by atoms with Crippen molar-refractivity contribution in [1.82, 2.24) is 0 Å². The first-order valence-electron chi connectivity index (χ1n) is 13.0. The summed E-state index contributed by atoms with van der Waals surface area (Å²) >= 11 is 0. The molecule has 1 aliphatic rings. The van der Waals surface area contributed by atoms with Gasteiger partial charge in [-0.15, -0.1) is 0 Å². The molecule has 6 rings (SSSR count). The fourth-order valence-corrected chi connectivity index (χ4v) is 6.12. The van der Waals surface area contributed by atoms with Gasteiger partial charge in [-0.3, -0.25) is 0 Å². The lowest BCUT2D eigenvalue weighted by Crippen LogP contribution is -2.30. The van der Waals surface area contributed by atoms with Gasteiger partial charge in [0.1, 0.15) is 18.2 Å². The average Bonchev–Trinajstić information content (AvgIpc) is 3.28. The maximum atomic E-state index is 7.93. The Kier molecular flexibility index (Phi) is 5.61. The summed E-state index contributed by atoms with van der Waals surface area (Å²) in [5, 5.41) is 1.91.